The topological polar surface area (TPSA) is 87.4 Å². The first-order valence-electron chi connectivity index (χ1n) is 6.82. The van der Waals surface area contributed by atoms with Crippen LogP contribution < -0.4 is 5.32 Å². The van der Waals surface area contributed by atoms with E-state index in [0.29, 0.717) is 5.56 Å². The van der Waals surface area contributed by atoms with E-state index in [9.17, 15) is 23.8 Å². The molecule has 23 heavy (non-hydrogen) atoms. The highest BCUT2D eigenvalue weighted by Gasteiger charge is 2.30. The van der Waals surface area contributed by atoms with Gasteiger partial charge in [0.15, 0.2) is 5.69 Å². The number of halogens is 2. The molecule has 1 unspecified atom stereocenters. The number of phenolic OH excluding ortho intramolecular Hbond substituents is 1. The van der Waals surface area contributed by atoms with Crippen LogP contribution in [0.25, 0.3) is 0 Å². The molecule has 0 aliphatic carbocycles. The summed E-state index contributed by atoms with van der Waals surface area (Å²) in [5.41, 5.74) is -1.13. The molecule has 2 aromatic rings. The Morgan fingerprint density at radius 3 is 2.48 bits per heavy atom. The van der Waals surface area contributed by atoms with Gasteiger partial charge in [0.1, 0.15) is 11.4 Å². The molecule has 8 heteroatoms. The molecule has 0 radical (unpaired) electrons. The fraction of sp³-hybridized carbons (Fsp3) is 0.333. The maximum Gasteiger partial charge on any atom is 0.280 e. The summed E-state index contributed by atoms with van der Waals surface area (Å²) < 4.78 is 26.5. The predicted octanol–water partition coefficient (Wildman–Crippen LogP) is 1.70. The minimum absolute atomic E-state index is 0.0478. The lowest BCUT2D eigenvalue weighted by Crippen LogP contribution is -2.46. The minimum Gasteiger partial charge on any atom is -0.508 e. The molecule has 0 spiro atoms. The van der Waals surface area contributed by atoms with Gasteiger partial charge in [0, 0.05) is 7.05 Å². The quantitative estimate of drug-likeness (QED) is 0.781. The normalized spacial score (nSPS) is 13.8. The Hall–Kier alpha value is -2.48. The molecule has 1 heterocycles. The highest BCUT2D eigenvalue weighted by Crippen LogP contribution is 2.24. The number of aryl methyl sites for hydroxylation is 1. The van der Waals surface area contributed by atoms with Gasteiger partial charge in [-0.3, -0.25) is 9.48 Å². The van der Waals surface area contributed by atoms with Crippen LogP contribution in [-0.2, 0) is 12.6 Å². The van der Waals surface area contributed by atoms with Crippen LogP contribution in [-0.4, -0.2) is 32.5 Å². The zero-order chi connectivity index (χ0) is 17.2. The Bertz CT molecular complexity index is 700. The number of benzene rings is 1. The third kappa shape index (κ3) is 3.48. The fourth-order valence-electron chi connectivity index (χ4n) is 2.14. The third-order valence-electron chi connectivity index (χ3n) is 3.58. The van der Waals surface area contributed by atoms with Crippen molar-refractivity contribution in [2.24, 2.45) is 7.05 Å². The van der Waals surface area contributed by atoms with Crippen molar-refractivity contribution in [3.05, 3.63) is 47.3 Å². The fourth-order valence-corrected chi connectivity index (χ4v) is 2.14. The van der Waals surface area contributed by atoms with Gasteiger partial charge in [0.2, 0.25) is 0 Å². The van der Waals surface area contributed by atoms with E-state index in [2.05, 4.69) is 10.4 Å². The first kappa shape index (κ1) is 16.9. The summed E-state index contributed by atoms with van der Waals surface area (Å²) in [6.07, 6.45) is -2.74. The van der Waals surface area contributed by atoms with Crippen molar-refractivity contribution in [1.82, 2.24) is 15.1 Å². The van der Waals surface area contributed by atoms with E-state index >= 15 is 0 Å². The van der Waals surface area contributed by atoms with E-state index in [1.165, 1.54) is 19.2 Å². The van der Waals surface area contributed by atoms with Crippen LogP contribution in [0.4, 0.5) is 8.78 Å². The lowest BCUT2D eigenvalue weighted by Gasteiger charge is -2.29. The first-order chi connectivity index (χ1) is 10.8. The Morgan fingerprint density at radius 2 is 2.00 bits per heavy atom. The van der Waals surface area contributed by atoms with E-state index in [-0.39, 0.29) is 17.1 Å². The molecule has 1 amide bonds. The van der Waals surface area contributed by atoms with Crippen LogP contribution in [0.2, 0.25) is 0 Å². The maximum absolute atomic E-state index is 12.8. The Balaban J connectivity index is 2.25. The van der Waals surface area contributed by atoms with Crippen LogP contribution in [0.1, 0.15) is 35.1 Å². The summed E-state index contributed by atoms with van der Waals surface area (Å²) in [6.45, 7) is 1.16. The van der Waals surface area contributed by atoms with Crippen molar-refractivity contribution in [2.75, 3.05) is 6.61 Å². The molecule has 124 valence electrons. The monoisotopic (exact) mass is 325 g/mol. The average Bonchev–Trinajstić information content (AvgIpc) is 2.90. The number of aromatic hydroxyl groups is 1. The molecular weight excluding hydrogens is 308 g/mol. The Labute approximate surface area is 131 Å². The van der Waals surface area contributed by atoms with Gasteiger partial charge in [-0.05, 0) is 30.7 Å². The number of amides is 1. The molecule has 1 atom stereocenters. The predicted molar refractivity (Wildman–Crippen MR) is 78.2 cm³/mol. The number of hydrogen-bond acceptors (Lipinski definition) is 4. The van der Waals surface area contributed by atoms with E-state index in [4.69, 9.17) is 0 Å². The second-order valence-electron chi connectivity index (χ2n) is 5.37. The van der Waals surface area contributed by atoms with Crippen molar-refractivity contribution in [2.45, 2.75) is 18.9 Å². The van der Waals surface area contributed by atoms with Gasteiger partial charge in [0.25, 0.3) is 12.3 Å². The third-order valence-corrected chi connectivity index (χ3v) is 3.58. The number of aliphatic hydroxyl groups is 1. The highest BCUT2D eigenvalue weighted by atomic mass is 19.3. The largest absolute Gasteiger partial charge is 0.508 e. The number of aromatic nitrogens is 2. The van der Waals surface area contributed by atoms with Crippen molar-refractivity contribution in [3.8, 4) is 5.75 Å². The molecular formula is C15H17F2N3O3. The van der Waals surface area contributed by atoms with Crippen molar-refractivity contribution in [1.29, 1.82) is 0 Å². The van der Waals surface area contributed by atoms with Gasteiger partial charge < -0.3 is 15.5 Å². The van der Waals surface area contributed by atoms with Crippen LogP contribution in [0, 0.1) is 0 Å². The Kier molecular flexibility index (Phi) is 4.65. The average molecular weight is 325 g/mol. The molecule has 0 bridgehead atoms. The first-order valence-corrected chi connectivity index (χ1v) is 6.82. The standard InChI is InChI=1S/C15H17F2N3O3/c1-15(8-21,9-3-5-10(22)6-4-9)18-14(23)11-7-12(13(16)17)20(2)19-11/h3-7,13,21-22H,8H2,1-2H3,(H,18,23). The van der Waals surface area contributed by atoms with E-state index in [0.717, 1.165) is 10.7 Å². The molecule has 0 fully saturated rings. The van der Waals surface area contributed by atoms with Gasteiger partial charge in [-0.2, -0.15) is 5.10 Å². The summed E-state index contributed by atoms with van der Waals surface area (Å²) in [4.78, 5) is 12.3. The number of hydrogen-bond donors (Lipinski definition) is 3. The van der Waals surface area contributed by atoms with Crippen LogP contribution in [0.5, 0.6) is 5.75 Å². The number of rotatable bonds is 5. The van der Waals surface area contributed by atoms with Gasteiger partial charge in [0.05, 0.1) is 12.1 Å². The molecule has 0 aliphatic rings. The summed E-state index contributed by atoms with van der Waals surface area (Å²) in [5.74, 6) is -0.635. The zero-order valence-corrected chi connectivity index (χ0v) is 12.6. The van der Waals surface area contributed by atoms with Gasteiger partial charge in [-0.1, -0.05) is 12.1 Å². The SMILES string of the molecule is Cn1nc(C(=O)NC(C)(CO)c2ccc(O)cc2)cc1C(F)F. The van der Waals surface area contributed by atoms with Gasteiger partial charge in [-0.15, -0.1) is 0 Å². The molecule has 6 nitrogen and oxygen atoms in total. The van der Waals surface area contributed by atoms with Crippen LogP contribution in [0.3, 0.4) is 0 Å². The number of nitrogens with zero attached hydrogens (tertiary/aromatic N) is 2. The van der Waals surface area contributed by atoms with Crippen molar-refractivity contribution >= 4 is 5.91 Å². The second kappa shape index (κ2) is 6.33. The number of carbonyl (C=O) groups is 1. The van der Waals surface area contributed by atoms with E-state index < -0.39 is 24.5 Å². The number of phenols is 1. The van der Waals surface area contributed by atoms with Crippen molar-refractivity contribution in [3.63, 3.8) is 0 Å². The minimum atomic E-state index is -2.74. The molecule has 0 aliphatic heterocycles. The number of aliphatic hydroxyl groups excluding tert-OH is 1. The summed E-state index contributed by atoms with van der Waals surface area (Å²) in [7, 11) is 1.32. The summed E-state index contributed by atoms with van der Waals surface area (Å²) in [6, 6.07) is 6.95. The smallest absolute Gasteiger partial charge is 0.280 e. The van der Waals surface area contributed by atoms with Gasteiger partial charge in [-0.25, -0.2) is 8.78 Å². The van der Waals surface area contributed by atoms with E-state index in [1.54, 1.807) is 19.1 Å². The molecule has 1 aromatic carbocycles. The molecule has 1 aromatic heterocycles. The lowest BCUT2D eigenvalue weighted by atomic mass is 9.92. The van der Waals surface area contributed by atoms with Crippen LogP contribution in [0.15, 0.2) is 30.3 Å². The Morgan fingerprint density at radius 1 is 1.39 bits per heavy atom. The molecule has 0 saturated heterocycles. The summed E-state index contributed by atoms with van der Waals surface area (Å²) in [5, 5.41) is 25.3. The van der Waals surface area contributed by atoms with Crippen LogP contribution >= 0.6 is 0 Å². The summed E-state index contributed by atoms with van der Waals surface area (Å²) >= 11 is 0. The molecule has 3 N–H and O–H groups in total. The molecule has 0 saturated carbocycles. The van der Waals surface area contributed by atoms with Crippen molar-refractivity contribution < 1.29 is 23.8 Å². The maximum atomic E-state index is 12.8. The van der Waals surface area contributed by atoms with Gasteiger partial charge >= 0.3 is 0 Å². The number of nitrogens with one attached hydrogen (secondary N) is 1. The highest BCUT2D eigenvalue weighted by molar-refractivity contribution is 5.93. The second-order valence-corrected chi connectivity index (χ2v) is 5.37. The number of alkyl halides is 2. The number of carbonyl (C=O) groups excluding carboxylic acids is 1. The van der Waals surface area contributed by atoms with E-state index in [1.807, 2.05) is 0 Å². The zero-order valence-electron chi connectivity index (χ0n) is 12.6. The molecule has 2 rings (SSSR count). The lowest BCUT2D eigenvalue weighted by molar-refractivity contribution is 0.0843.